The van der Waals surface area contributed by atoms with Crippen LogP contribution in [-0.2, 0) is 4.74 Å². The third-order valence-electron chi connectivity index (χ3n) is 2.53. The third-order valence-corrected chi connectivity index (χ3v) is 2.53. The van der Waals surface area contributed by atoms with Gasteiger partial charge in [0.25, 0.3) is 0 Å². The molecule has 0 bridgehead atoms. The van der Waals surface area contributed by atoms with Gasteiger partial charge in [-0.05, 0) is 19.4 Å². The van der Waals surface area contributed by atoms with Crippen LogP contribution in [0.2, 0.25) is 0 Å². The summed E-state index contributed by atoms with van der Waals surface area (Å²) < 4.78 is 5.36. The van der Waals surface area contributed by atoms with E-state index < -0.39 is 0 Å². The van der Waals surface area contributed by atoms with Gasteiger partial charge in [-0.3, -0.25) is 0 Å². The minimum absolute atomic E-state index is 0.465. The molecule has 0 aromatic rings. The topological polar surface area (TPSA) is 21.3 Å². The van der Waals surface area contributed by atoms with Crippen molar-refractivity contribution in [2.75, 3.05) is 19.8 Å². The van der Waals surface area contributed by atoms with Crippen molar-refractivity contribution in [2.45, 2.75) is 32.2 Å². The summed E-state index contributed by atoms with van der Waals surface area (Å²) in [5, 5.41) is 3.49. The Morgan fingerprint density at radius 2 is 2.54 bits per heavy atom. The molecule has 2 heteroatoms. The Morgan fingerprint density at radius 1 is 1.69 bits per heavy atom. The molecule has 2 atom stereocenters. The van der Waals surface area contributed by atoms with Gasteiger partial charge in [0.2, 0.25) is 0 Å². The maximum absolute atomic E-state index is 5.36. The molecule has 0 saturated carbocycles. The van der Waals surface area contributed by atoms with Crippen LogP contribution < -0.4 is 5.32 Å². The molecule has 0 amide bonds. The molecule has 1 aliphatic rings. The second-order valence-corrected chi connectivity index (χ2v) is 3.59. The third kappa shape index (κ3) is 3.38. The number of terminal acetylenes is 1. The van der Waals surface area contributed by atoms with Crippen molar-refractivity contribution in [1.29, 1.82) is 0 Å². The van der Waals surface area contributed by atoms with Crippen LogP contribution in [0.3, 0.4) is 0 Å². The van der Waals surface area contributed by atoms with Gasteiger partial charge in [0.15, 0.2) is 0 Å². The van der Waals surface area contributed by atoms with Crippen LogP contribution >= 0.6 is 0 Å². The molecule has 1 N–H and O–H groups in total. The summed E-state index contributed by atoms with van der Waals surface area (Å²) in [6, 6.07) is 0.465. The smallest absolute Gasteiger partial charge is 0.0510 e. The molecule has 0 radical (unpaired) electrons. The predicted octanol–water partition coefficient (Wildman–Crippen LogP) is 1.41. The van der Waals surface area contributed by atoms with E-state index in [4.69, 9.17) is 11.2 Å². The standard InChI is InChI=1S/C11H19NO/c1-3-5-11(12-7-4-2)10-6-8-13-9-10/h1,10-12H,4-9H2,2H3. The second kappa shape index (κ2) is 6.01. The first-order valence-electron chi connectivity index (χ1n) is 5.13. The molecule has 0 aliphatic carbocycles. The first-order valence-corrected chi connectivity index (χ1v) is 5.13. The summed E-state index contributed by atoms with van der Waals surface area (Å²) in [5.74, 6) is 3.36. The Balaban J connectivity index is 2.32. The minimum atomic E-state index is 0.465. The highest BCUT2D eigenvalue weighted by atomic mass is 16.5. The van der Waals surface area contributed by atoms with E-state index in [0.29, 0.717) is 12.0 Å². The molecule has 1 saturated heterocycles. The molecular weight excluding hydrogens is 162 g/mol. The van der Waals surface area contributed by atoms with Crippen molar-refractivity contribution in [1.82, 2.24) is 5.32 Å². The van der Waals surface area contributed by atoms with Gasteiger partial charge in [-0.25, -0.2) is 0 Å². The van der Waals surface area contributed by atoms with Crippen molar-refractivity contribution in [3.05, 3.63) is 0 Å². The number of hydrogen-bond donors (Lipinski definition) is 1. The van der Waals surface area contributed by atoms with Gasteiger partial charge in [-0.2, -0.15) is 0 Å². The van der Waals surface area contributed by atoms with Crippen molar-refractivity contribution >= 4 is 0 Å². The molecule has 0 spiro atoms. The van der Waals surface area contributed by atoms with Gasteiger partial charge in [-0.15, -0.1) is 12.3 Å². The van der Waals surface area contributed by atoms with E-state index in [2.05, 4.69) is 18.2 Å². The lowest BCUT2D eigenvalue weighted by atomic mass is 9.96. The van der Waals surface area contributed by atoms with E-state index in [0.717, 1.165) is 39.0 Å². The zero-order valence-corrected chi connectivity index (χ0v) is 8.38. The van der Waals surface area contributed by atoms with Crippen molar-refractivity contribution in [2.24, 2.45) is 5.92 Å². The Hall–Kier alpha value is -0.520. The van der Waals surface area contributed by atoms with Crippen LogP contribution in [0.1, 0.15) is 26.2 Å². The van der Waals surface area contributed by atoms with Gasteiger partial charge >= 0.3 is 0 Å². The first-order chi connectivity index (χ1) is 6.38. The normalized spacial score (nSPS) is 24.2. The summed E-state index contributed by atoms with van der Waals surface area (Å²) >= 11 is 0. The monoisotopic (exact) mass is 181 g/mol. The van der Waals surface area contributed by atoms with Crippen LogP contribution in [0.15, 0.2) is 0 Å². The number of ether oxygens (including phenoxy) is 1. The molecule has 2 unspecified atom stereocenters. The summed E-state index contributed by atoms with van der Waals surface area (Å²) in [4.78, 5) is 0. The van der Waals surface area contributed by atoms with Crippen LogP contribution in [0.25, 0.3) is 0 Å². The predicted molar refractivity (Wildman–Crippen MR) is 54.5 cm³/mol. The molecule has 1 rings (SSSR count). The lowest BCUT2D eigenvalue weighted by Gasteiger charge is -2.21. The van der Waals surface area contributed by atoms with E-state index in [1.807, 2.05) is 0 Å². The minimum Gasteiger partial charge on any atom is -0.381 e. The molecule has 2 nitrogen and oxygen atoms in total. The van der Waals surface area contributed by atoms with E-state index in [1.165, 1.54) is 0 Å². The molecule has 1 fully saturated rings. The average Bonchev–Trinajstić information content (AvgIpc) is 2.65. The average molecular weight is 181 g/mol. The van der Waals surface area contributed by atoms with Gasteiger partial charge in [0.05, 0.1) is 6.61 Å². The molecule has 1 aliphatic heterocycles. The van der Waals surface area contributed by atoms with Crippen LogP contribution in [0.5, 0.6) is 0 Å². The summed E-state index contributed by atoms with van der Waals surface area (Å²) in [6.45, 7) is 5.01. The molecule has 0 aromatic carbocycles. The van der Waals surface area contributed by atoms with Crippen molar-refractivity contribution in [3.8, 4) is 12.3 Å². The van der Waals surface area contributed by atoms with Crippen LogP contribution in [0.4, 0.5) is 0 Å². The van der Waals surface area contributed by atoms with E-state index in [1.54, 1.807) is 0 Å². The Kier molecular flexibility index (Phi) is 4.88. The van der Waals surface area contributed by atoms with Crippen molar-refractivity contribution < 1.29 is 4.74 Å². The van der Waals surface area contributed by atoms with Gasteiger partial charge in [0.1, 0.15) is 0 Å². The fourth-order valence-corrected chi connectivity index (χ4v) is 1.73. The number of rotatable bonds is 5. The van der Waals surface area contributed by atoms with E-state index in [-0.39, 0.29) is 0 Å². The Bertz CT molecular complexity index is 167. The zero-order valence-electron chi connectivity index (χ0n) is 8.38. The highest BCUT2D eigenvalue weighted by Gasteiger charge is 2.24. The Morgan fingerprint density at radius 3 is 3.08 bits per heavy atom. The maximum atomic E-state index is 5.36. The largest absolute Gasteiger partial charge is 0.381 e. The van der Waals surface area contributed by atoms with Crippen LogP contribution in [0, 0.1) is 18.3 Å². The molecule has 0 aromatic heterocycles. The SMILES string of the molecule is C#CCC(NCCC)C1CCOC1. The number of hydrogen-bond acceptors (Lipinski definition) is 2. The second-order valence-electron chi connectivity index (χ2n) is 3.59. The van der Waals surface area contributed by atoms with Crippen LogP contribution in [-0.4, -0.2) is 25.8 Å². The van der Waals surface area contributed by atoms with E-state index >= 15 is 0 Å². The van der Waals surface area contributed by atoms with Crippen molar-refractivity contribution in [3.63, 3.8) is 0 Å². The fraction of sp³-hybridized carbons (Fsp3) is 0.818. The Labute approximate surface area is 81.0 Å². The summed E-state index contributed by atoms with van der Waals surface area (Å²) in [7, 11) is 0. The molecule has 1 heterocycles. The lowest BCUT2D eigenvalue weighted by Crippen LogP contribution is -2.36. The molecule has 13 heavy (non-hydrogen) atoms. The molecule has 74 valence electrons. The molecular formula is C11H19NO. The highest BCUT2D eigenvalue weighted by molar-refractivity contribution is 4.93. The van der Waals surface area contributed by atoms with Gasteiger partial charge in [-0.1, -0.05) is 6.92 Å². The summed E-state index contributed by atoms with van der Waals surface area (Å²) in [6.07, 6.45) is 8.48. The number of nitrogens with one attached hydrogen (secondary N) is 1. The zero-order chi connectivity index (χ0) is 9.52. The van der Waals surface area contributed by atoms with E-state index in [9.17, 15) is 0 Å². The summed E-state index contributed by atoms with van der Waals surface area (Å²) in [5.41, 5.74) is 0. The lowest BCUT2D eigenvalue weighted by molar-refractivity contribution is 0.177. The first kappa shape index (κ1) is 10.6. The highest BCUT2D eigenvalue weighted by Crippen LogP contribution is 2.18. The van der Waals surface area contributed by atoms with Gasteiger partial charge in [0, 0.05) is 25.0 Å². The van der Waals surface area contributed by atoms with Gasteiger partial charge < -0.3 is 10.1 Å². The fourth-order valence-electron chi connectivity index (χ4n) is 1.73. The quantitative estimate of drug-likeness (QED) is 0.648. The maximum Gasteiger partial charge on any atom is 0.0510 e.